The summed E-state index contributed by atoms with van der Waals surface area (Å²) < 4.78 is 1.47. The molecule has 0 spiro atoms. The molecule has 18 heavy (non-hydrogen) atoms. The van der Waals surface area contributed by atoms with E-state index in [1.165, 1.54) is 4.68 Å². The summed E-state index contributed by atoms with van der Waals surface area (Å²) in [5.41, 5.74) is 2.84. The Morgan fingerprint density at radius 3 is 2.17 bits per heavy atom. The predicted octanol–water partition coefficient (Wildman–Crippen LogP) is 1.59. The van der Waals surface area contributed by atoms with Crippen molar-refractivity contribution >= 4 is 5.97 Å². The van der Waals surface area contributed by atoms with Gasteiger partial charge in [0.05, 0.1) is 11.4 Å². The molecular weight excluding hydrogens is 232 g/mol. The minimum Gasteiger partial charge on any atom is -0.478 e. The zero-order chi connectivity index (χ0) is 13.4. The van der Waals surface area contributed by atoms with Gasteiger partial charge in [-0.15, -0.1) is 0 Å². The van der Waals surface area contributed by atoms with Gasteiger partial charge in [-0.3, -0.25) is 0 Å². The number of carboxylic acid groups (broad SMARTS) is 1. The van der Waals surface area contributed by atoms with Crippen molar-refractivity contribution in [1.29, 1.82) is 0 Å². The van der Waals surface area contributed by atoms with Crippen LogP contribution in [-0.2, 0) is 0 Å². The van der Waals surface area contributed by atoms with Crippen molar-refractivity contribution in [3.05, 3.63) is 34.4 Å². The third kappa shape index (κ3) is 1.97. The zero-order valence-electron chi connectivity index (χ0n) is 10.7. The molecular formula is C12H14N4O2. The van der Waals surface area contributed by atoms with Gasteiger partial charge in [0.2, 0.25) is 0 Å². The number of carbonyl (C=O) groups is 1. The number of carboxylic acids is 1. The van der Waals surface area contributed by atoms with Gasteiger partial charge in [-0.25, -0.2) is 19.4 Å². The van der Waals surface area contributed by atoms with Crippen LogP contribution in [-0.4, -0.2) is 30.8 Å². The molecule has 0 saturated carbocycles. The molecule has 0 bridgehead atoms. The van der Waals surface area contributed by atoms with E-state index in [0.29, 0.717) is 17.3 Å². The molecule has 94 valence electrons. The van der Waals surface area contributed by atoms with Gasteiger partial charge in [-0.05, 0) is 33.8 Å². The second-order valence-corrected chi connectivity index (χ2v) is 4.21. The summed E-state index contributed by atoms with van der Waals surface area (Å²) in [5, 5.41) is 13.3. The van der Waals surface area contributed by atoms with E-state index >= 15 is 0 Å². The number of hydrogen-bond donors (Lipinski definition) is 1. The van der Waals surface area contributed by atoms with E-state index < -0.39 is 5.97 Å². The van der Waals surface area contributed by atoms with Gasteiger partial charge >= 0.3 is 5.97 Å². The smallest absolute Gasteiger partial charge is 0.339 e. The van der Waals surface area contributed by atoms with Crippen molar-refractivity contribution in [2.45, 2.75) is 27.7 Å². The highest BCUT2D eigenvalue weighted by molar-refractivity contribution is 5.90. The summed E-state index contributed by atoms with van der Waals surface area (Å²) >= 11 is 0. The van der Waals surface area contributed by atoms with Crippen LogP contribution in [0.2, 0.25) is 0 Å². The standard InChI is InChI=1S/C12H14N4O2/c1-6-5-7(2)14-12(13-6)16-9(4)10(11(17)18)8(3)15-16/h5H,1-4H3,(H,17,18). The maximum Gasteiger partial charge on any atom is 0.339 e. The summed E-state index contributed by atoms with van der Waals surface area (Å²) in [6.07, 6.45) is 0. The van der Waals surface area contributed by atoms with Crippen LogP contribution in [0.5, 0.6) is 0 Å². The first-order valence-electron chi connectivity index (χ1n) is 5.52. The normalized spacial score (nSPS) is 10.7. The van der Waals surface area contributed by atoms with Gasteiger partial charge in [0, 0.05) is 11.4 Å². The van der Waals surface area contributed by atoms with E-state index in [2.05, 4.69) is 15.1 Å². The van der Waals surface area contributed by atoms with Crippen molar-refractivity contribution in [1.82, 2.24) is 19.7 Å². The molecule has 2 heterocycles. The number of aryl methyl sites for hydroxylation is 3. The minimum atomic E-state index is -0.986. The fraction of sp³-hybridized carbons (Fsp3) is 0.333. The van der Waals surface area contributed by atoms with Crippen LogP contribution in [0.4, 0.5) is 0 Å². The largest absolute Gasteiger partial charge is 0.478 e. The van der Waals surface area contributed by atoms with E-state index in [4.69, 9.17) is 5.11 Å². The van der Waals surface area contributed by atoms with Crippen LogP contribution in [0.15, 0.2) is 6.07 Å². The van der Waals surface area contributed by atoms with Crippen molar-refractivity contribution < 1.29 is 9.90 Å². The van der Waals surface area contributed by atoms with E-state index in [-0.39, 0.29) is 5.56 Å². The number of hydrogen-bond acceptors (Lipinski definition) is 4. The Hall–Kier alpha value is -2.24. The lowest BCUT2D eigenvalue weighted by molar-refractivity contribution is 0.0695. The lowest BCUT2D eigenvalue weighted by Crippen LogP contribution is -2.08. The molecule has 2 aromatic heterocycles. The van der Waals surface area contributed by atoms with Crippen molar-refractivity contribution in [2.24, 2.45) is 0 Å². The molecule has 0 unspecified atom stereocenters. The summed E-state index contributed by atoms with van der Waals surface area (Å²) in [5.74, 6) is -0.582. The molecule has 0 aromatic carbocycles. The molecule has 1 N–H and O–H groups in total. The Labute approximate surface area is 104 Å². The number of aromatic carboxylic acids is 1. The highest BCUT2D eigenvalue weighted by atomic mass is 16.4. The Kier molecular flexibility index (Phi) is 2.86. The molecule has 6 nitrogen and oxygen atoms in total. The van der Waals surface area contributed by atoms with E-state index in [9.17, 15) is 4.79 Å². The van der Waals surface area contributed by atoms with Gasteiger partial charge in [0.1, 0.15) is 5.56 Å². The van der Waals surface area contributed by atoms with Gasteiger partial charge in [-0.2, -0.15) is 5.10 Å². The van der Waals surface area contributed by atoms with Crippen LogP contribution in [0.25, 0.3) is 5.95 Å². The molecule has 2 rings (SSSR count). The van der Waals surface area contributed by atoms with Crippen LogP contribution < -0.4 is 0 Å². The molecule has 0 atom stereocenters. The summed E-state index contributed by atoms with van der Waals surface area (Å²) in [7, 11) is 0. The molecule has 2 aromatic rings. The lowest BCUT2D eigenvalue weighted by Gasteiger charge is -2.04. The second-order valence-electron chi connectivity index (χ2n) is 4.21. The van der Waals surface area contributed by atoms with Gasteiger partial charge < -0.3 is 5.11 Å². The molecule has 0 saturated heterocycles. The summed E-state index contributed by atoms with van der Waals surface area (Å²) in [6, 6.07) is 1.85. The maximum absolute atomic E-state index is 11.1. The Morgan fingerprint density at radius 2 is 1.72 bits per heavy atom. The van der Waals surface area contributed by atoms with Gasteiger partial charge in [0.15, 0.2) is 0 Å². The molecule has 0 aliphatic heterocycles. The van der Waals surface area contributed by atoms with E-state index in [1.54, 1.807) is 13.8 Å². The maximum atomic E-state index is 11.1. The summed E-state index contributed by atoms with van der Waals surface area (Å²) in [6.45, 7) is 7.09. The third-order valence-corrected chi connectivity index (χ3v) is 2.67. The van der Waals surface area contributed by atoms with Gasteiger partial charge in [-0.1, -0.05) is 0 Å². The molecule has 0 aliphatic rings. The highest BCUT2D eigenvalue weighted by Gasteiger charge is 2.19. The van der Waals surface area contributed by atoms with E-state index in [1.807, 2.05) is 19.9 Å². The Morgan fingerprint density at radius 1 is 1.17 bits per heavy atom. The molecule has 0 radical (unpaired) electrons. The fourth-order valence-corrected chi connectivity index (χ4v) is 1.95. The first-order valence-corrected chi connectivity index (χ1v) is 5.52. The highest BCUT2D eigenvalue weighted by Crippen LogP contribution is 2.16. The molecule has 6 heteroatoms. The number of rotatable bonds is 2. The van der Waals surface area contributed by atoms with Crippen LogP contribution >= 0.6 is 0 Å². The van der Waals surface area contributed by atoms with Gasteiger partial charge in [0.25, 0.3) is 5.95 Å². The fourth-order valence-electron chi connectivity index (χ4n) is 1.95. The van der Waals surface area contributed by atoms with Crippen molar-refractivity contribution in [3.63, 3.8) is 0 Å². The Bertz CT molecular complexity index is 611. The zero-order valence-corrected chi connectivity index (χ0v) is 10.7. The quantitative estimate of drug-likeness (QED) is 0.870. The topological polar surface area (TPSA) is 80.9 Å². The van der Waals surface area contributed by atoms with Crippen LogP contribution in [0.1, 0.15) is 33.1 Å². The molecule has 0 fully saturated rings. The monoisotopic (exact) mass is 246 g/mol. The van der Waals surface area contributed by atoms with Crippen molar-refractivity contribution in [3.8, 4) is 5.95 Å². The average molecular weight is 246 g/mol. The summed E-state index contributed by atoms with van der Waals surface area (Å²) in [4.78, 5) is 19.7. The minimum absolute atomic E-state index is 0.206. The number of nitrogens with zero attached hydrogens (tertiary/aromatic N) is 4. The molecule has 0 amide bonds. The lowest BCUT2D eigenvalue weighted by atomic mass is 10.2. The molecule has 0 aliphatic carbocycles. The Balaban J connectivity index is 2.65. The average Bonchev–Trinajstić information content (AvgIpc) is 2.52. The number of aromatic nitrogens is 4. The predicted molar refractivity (Wildman–Crippen MR) is 65.1 cm³/mol. The van der Waals surface area contributed by atoms with Crippen LogP contribution in [0.3, 0.4) is 0 Å². The van der Waals surface area contributed by atoms with Crippen LogP contribution in [0, 0.1) is 27.7 Å². The third-order valence-electron chi connectivity index (χ3n) is 2.67. The van der Waals surface area contributed by atoms with E-state index in [0.717, 1.165) is 11.4 Å². The second kappa shape index (κ2) is 4.21. The first-order chi connectivity index (χ1) is 8.40. The van der Waals surface area contributed by atoms with Crippen molar-refractivity contribution in [2.75, 3.05) is 0 Å². The first kappa shape index (κ1) is 12.2. The SMILES string of the molecule is Cc1cc(C)nc(-n2nc(C)c(C(=O)O)c2C)n1.